The molecule has 5 nitrogen and oxygen atoms in total. The molecule has 0 saturated carbocycles. The lowest BCUT2D eigenvalue weighted by Crippen LogP contribution is -2.28. The van der Waals surface area contributed by atoms with Gasteiger partial charge in [0.1, 0.15) is 0 Å². The monoisotopic (exact) mass is 462 g/mol. The molecule has 0 fully saturated rings. The quantitative estimate of drug-likeness (QED) is 0.354. The number of ether oxygens (including phenoxy) is 1. The van der Waals surface area contributed by atoms with Crippen LogP contribution in [0.2, 0.25) is 5.02 Å². The summed E-state index contributed by atoms with van der Waals surface area (Å²) in [6.45, 7) is 7.52. The lowest BCUT2D eigenvalue weighted by molar-refractivity contribution is -0.160. The van der Waals surface area contributed by atoms with E-state index in [1.165, 1.54) is 0 Å². The number of nitrogens with zero attached hydrogens (tertiary/aromatic N) is 2. The number of rotatable bonds is 5. The number of carboxylic acids is 1. The number of imidazole rings is 1. The zero-order valence-corrected chi connectivity index (χ0v) is 20.1. The first-order chi connectivity index (χ1) is 15.5. The summed E-state index contributed by atoms with van der Waals surface area (Å²) in [4.78, 5) is 16.9. The number of carboxylic acid groups (broad SMARTS) is 1. The first-order valence-corrected chi connectivity index (χ1v) is 11.1. The van der Waals surface area contributed by atoms with E-state index in [1.54, 1.807) is 6.33 Å². The van der Waals surface area contributed by atoms with Crippen LogP contribution in [0.3, 0.4) is 0 Å². The second kappa shape index (κ2) is 8.65. The van der Waals surface area contributed by atoms with E-state index in [4.69, 9.17) is 16.3 Å². The molecule has 4 rings (SSSR count). The Morgan fingerprint density at radius 3 is 2.33 bits per heavy atom. The molecule has 1 aromatic heterocycles. The molecule has 170 valence electrons. The third kappa shape index (κ3) is 4.80. The maximum atomic E-state index is 12.4. The van der Waals surface area contributed by atoms with E-state index in [-0.39, 0.29) is 0 Å². The molecule has 1 heterocycles. The van der Waals surface area contributed by atoms with Crippen molar-refractivity contribution in [2.45, 2.75) is 39.4 Å². The second-order valence-electron chi connectivity index (χ2n) is 9.30. The highest BCUT2D eigenvalue weighted by molar-refractivity contribution is 6.30. The van der Waals surface area contributed by atoms with Crippen LogP contribution in [-0.4, -0.2) is 26.2 Å². The Morgan fingerprint density at radius 2 is 1.76 bits per heavy atom. The maximum absolute atomic E-state index is 12.4. The fourth-order valence-electron chi connectivity index (χ4n) is 4.14. The van der Waals surface area contributed by atoms with Crippen LogP contribution in [-0.2, 0) is 16.6 Å². The van der Waals surface area contributed by atoms with E-state index >= 15 is 0 Å². The first kappa shape index (κ1) is 23.0. The molecule has 33 heavy (non-hydrogen) atoms. The second-order valence-corrected chi connectivity index (χ2v) is 9.73. The summed E-state index contributed by atoms with van der Waals surface area (Å²) in [5, 5.41) is 12.7. The fourth-order valence-corrected chi connectivity index (χ4v) is 4.26. The Kier molecular flexibility index (Phi) is 6.04. The molecule has 0 saturated heterocycles. The van der Waals surface area contributed by atoms with Gasteiger partial charge < -0.3 is 14.4 Å². The van der Waals surface area contributed by atoms with Crippen molar-refractivity contribution >= 4 is 28.3 Å². The van der Waals surface area contributed by atoms with Crippen molar-refractivity contribution in [3.05, 3.63) is 77.2 Å². The molecule has 1 atom stereocenters. The molecule has 0 aliphatic heterocycles. The summed E-state index contributed by atoms with van der Waals surface area (Å²) >= 11 is 6.15. The van der Waals surface area contributed by atoms with Gasteiger partial charge in [-0.05, 0) is 73.4 Å². The zero-order valence-electron chi connectivity index (χ0n) is 19.4. The molecular formula is C27H27ClN2O3. The Labute approximate surface area is 198 Å². The van der Waals surface area contributed by atoms with Gasteiger partial charge >= 0.3 is 5.97 Å². The highest BCUT2D eigenvalue weighted by Crippen LogP contribution is 2.41. The van der Waals surface area contributed by atoms with Crippen LogP contribution >= 0.6 is 11.6 Å². The van der Waals surface area contributed by atoms with Gasteiger partial charge in [-0.15, -0.1) is 0 Å². The van der Waals surface area contributed by atoms with Gasteiger partial charge in [-0.2, -0.15) is 0 Å². The summed E-state index contributed by atoms with van der Waals surface area (Å²) < 4.78 is 7.97. The molecule has 0 aliphatic rings. The van der Waals surface area contributed by atoms with E-state index in [1.807, 2.05) is 88.0 Å². The summed E-state index contributed by atoms with van der Waals surface area (Å²) in [7, 11) is 1.94. The zero-order chi connectivity index (χ0) is 23.9. The van der Waals surface area contributed by atoms with Gasteiger partial charge in [0, 0.05) is 29.4 Å². The van der Waals surface area contributed by atoms with Gasteiger partial charge in [0.2, 0.25) is 0 Å². The lowest BCUT2D eigenvalue weighted by Gasteiger charge is -2.28. The average molecular weight is 463 g/mol. The third-order valence-electron chi connectivity index (χ3n) is 5.48. The Balaban J connectivity index is 2.02. The lowest BCUT2D eigenvalue weighted by atomic mass is 9.86. The van der Waals surface area contributed by atoms with Crippen molar-refractivity contribution in [1.82, 2.24) is 9.55 Å². The van der Waals surface area contributed by atoms with Crippen LogP contribution in [0.15, 0.2) is 61.1 Å². The average Bonchev–Trinajstić information content (AvgIpc) is 3.17. The van der Waals surface area contributed by atoms with Crippen molar-refractivity contribution < 1.29 is 14.6 Å². The standard InChI is InChI=1S/C27H27ClN2O3/c1-16-12-19-13-18(22-14-30(5)15-29-22)8-11-21(19)24(17-6-9-20(28)10-7-17)23(16)25(26(31)32)33-27(2,3)4/h6-15,25H,1-5H3,(H,31,32)/t25-/m0/s1. The molecular weight excluding hydrogens is 436 g/mol. The summed E-state index contributed by atoms with van der Waals surface area (Å²) in [6.07, 6.45) is 2.63. The number of carbonyl (C=O) groups is 1. The minimum absolute atomic E-state index is 0.621. The number of fused-ring (bicyclic) bond motifs is 1. The Bertz CT molecular complexity index is 1330. The smallest absolute Gasteiger partial charge is 0.337 e. The summed E-state index contributed by atoms with van der Waals surface area (Å²) in [5.74, 6) is -1.02. The first-order valence-electron chi connectivity index (χ1n) is 10.8. The molecule has 6 heteroatoms. The number of benzene rings is 3. The van der Waals surface area contributed by atoms with E-state index in [2.05, 4.69) is 11.1 Å². The SMILES string of the molecule is Cc1cc2cc(-c3cn(C)cn3)ccc2c(-c2ccc(Cl)cc2)c1[C@H](OC(C)(C)C)C(=O)O. The van der Waals surface area contributed by atoms with Crippen LogP contribution in [0.4, 0.5) is 0 Å². The van der Waals surface area contributed by atoms with Crippen molar-refractivity contribution in [1.29, 1.82) is 0 Å². The molecule has 0 radical (unpaired) electrons. The van der Waals surface area contributed by atoms with E-state index in [0.717, 1.165) is 38.7 Å². The Morgan fingerprint density at radius 1 is 1.09 bits per heavy atom. The topological polar surface area (TPSA) is 64.4 Å². The number of hydrogen-bond donors (Lipinski definition) is 1. The number of aromatic nitrogens is 2. The van der Waals surface area contributed by atoms with Crippen LogP contribution < -0.4 is 0 Å². The summed E-state index contributed by atoms with van der Waals surface area (Å²) in [5.41, 5.74) is 4.47. The number of halogens is 1. The predicted molar refractivity (Wildman–Crippen MR) is 133 cm³/mol. The fraction of sp³-hybridized carbons (Fsp3) is 0.259. The highest BCUT2D eigenvalue weighted by atomic mass is 35.5. The van der Waals surface area contributed by atoms with Crippen LogP contribution in [0.25, 0.3) is 33.2 Å². The third-order valence-corrected chi connectivity index (χ3v) is 5.73. The molecule has 0 amide bonds. The number of aliphatic carboxylic acids is 1. The van der Waals surface area contributed by atoms with Crippen LogP contribution in [0.5, 0.6) is 0 Å². The van der Waals surface area contributed by atoms with Crippen molar-refractivity contribution in [3.8, 4) is 22.4 Å². The molecule has 4 aromatic rings. The molecule has 0 aliphatic carbocycles. The van der Waals surface area contributed by atoms with Gasteiger partial charge in [0.15, 0.2) is 6.10 Å². The number of hydrogen-bond acceptors (Lipinski definition) is 3. The van der Waals surface area contributed by atoms with Gasteiger partial charge in [-0.1, -0.05) is 41.9 Å². The van der Waals surface area contributed by atoms with Gasteiger partial charge in [-0.25, -0.2) is 9.78 Å². The number of aryl methyl sites for hydroxylation is 2. The van der Waals surface area contributed by atoms with E-state index < -0.39 is 17.7 Å². The highest BCUT2D eigenvalue weighted by Gasteiger charge is 2.31. The minimum Gasteiger partial charge on any atom is -0.479 e. The van der Waals surface area contributed by atoms with Crippen molar-refractivity contribution in [2.75, 3.05) is 0 Å². The largest absolute Gasteiger partial charge is 0.479 e. The predicted octanol–water partition coefficient (Wildman–Crippen LogP) is 6.81. The molecule has 0 bridgehead atoms. The molecule has 3 aromatic carbocycles. The van der Waals surface area contributed by atoms with Crippen LogP contribution in [0, 0.1) is 6.92 Å². The normalized spacial score (nSPS) is 12.8. The molecule has 0 unspecified atom stereocenters. The van der Waals surface area contributed by atoms with Gasteiger partial charge in [0.05, 0.1) is 17.6 Å². The summed E-state index contributed by atoms with van der Waals surface area (Å²) in [6, 6.07) is 15.6. The molecule has 1 N–H and O–H groups in total. The minimum atomic E-state index is -1.12. The van der Waals surface area contributed by atoms with Crippen molar-refractivity contribution in [3.63, 3.8) is 0 Å². The van der Waals surface area contributed by atoms with E-state index in [9.17, 15) is 9.90 Å². The van der Waals surface area contributed by atoms with Gasteiger partial charge in [-0.3, -0.25) is 0 Å². The molecule has 0 spiro atoms. The van der Waals surface area contributed by atoms with Crippen LogP contribution in [0.1, 0.15) is 38.0 Å². The Hall–Kier alpha value is -3.15. The van der Waals surface area contributed by atoms with Gasteiger partial charge in [0.25, 0.3) is 0 Å². The maximum Gasteiger partial charge on any atom is 0.337 e. The van der Waals surface area contributed by atoms with Crippen molar-refractivity contribution in [2.24, 2.45) is 7.05 Å². The van der Waals surface area contributed by atoms with E-state index in [0.29, 0.717) is 10.6 Å².